The van der Waals surface area contributed by atoms with Gasteiger partial charge in [0.15, 0.2) is 5.16 Å². The van der Waals surface area contributed by atoms with Gasteiger partial charge in [0.1, 0.15) is 4.83 Å². The first kappa shape index (κ1) is 17.2. The maximum absolute atomic E-state index is 12.9. The zero-order valence-electron chi connectivity index (χ0n) is 14.1. The van der Waals surface area contributed by atoms with Crippen LogP contribution in [-0.4, -0.2) is 26.8 Å². The lowest BCUT2D eigenvalue weighted by molar-refractivity contribution is -0.120. The summed E-state index contributed by atoms with van der Waals surface area (Å²) in [5.74, 6) is 0.000500. The predicted molar refractivity (Wildman–Crippen MR) is 100 cm³/mol. The van der Waals surface area contributed by atoms with E-state index in [-0.39, 0.29) is 16.7 Å². The highest BCUT2D eigenvalue weighted by Gasteiger charge is 2.27. The van der Waals surface area contributed by atoms with Crippen LogP contribution >= 0.6 is 23.1 Å². The molecule has 1 atom stereocenters. The van der Waals surface area contributed by atoms with Crippen molar-refractivity contribution in [2.75, 3.05) is 0 Å². The number of rotatable bonds is 6. The zero-order chi connectivity index (χ0) is 17.4. The highest BCUT2D eigenvalue weighted by molar-refractivity contribution is 8.00. The molecule has 5 nitrogen and oxygen atoms in total. The molecule has 1 saturated carbocycles. The number of aromatic nitrogens is 2. The van der Waals surface area contributed by atoms with Crippen molar-refractivity contribution < 1.29 is 4.79 Å². The van der Waals surface area contributed by atoms with E-state index in [1.807, 2.05) is 20.8 Å². The molecule has 2 aromatic heterocycles. The summed E-state index contributed by atoms with van der Waals surface area (Å²) in [7, 11) is 0. The first-order valence-corrected chi connectivity index (χ1v) is 9.70. The van der Waals surface area contributed by atoms with Crippen LogP contribution in [0.15, 0.2) is 22.6 Å². The van der Waals surface area contributed by atoms with Crippen LogP contribution in [0.5, 0.6) is 0 Å². The summed E-state index contributed by atoms with van der Waals surface area (Å²) < 4.78 is 1.61. The molecule has 1 unspecified atom stereocenters. The third kappa shape index (κ3) is 3.28. The Balaban J connectivity index is 1.98. The number of nitrogens with one attached hydrogen (secondary N) is 1. The third-order valence-corrected chi connectivity index (χ3v) is 6.33. The standard InChI is InChI=1S/C17H21N3O2S2/c1-5-8-20-16(22)13-9(2)10(3)23-15(13)19-17(20)24-11(4)14(21)18-12-6-7-12/h5,11-12H,1,6-8H2,2-4H3,(H,18,21). The lowest BCUT2D eigenvalue weighted by atomic mass is 10.2. The molecule has 1 aliphatic carbocycles. The Morgan fingerprint density at radius 3 is 2.88 bits per heavy atom. The van der Waals surface area contributed by atoms with Crippen LogP contribution in [0, 0.1) is 13.8 Å². The monoisotopic (exact) mass is 363 g/mol. The highest BCUT2D eigenvalue weighted by atomic mass is 32.2. The van der Waals surface area contributed by atoms with Crippen LogP contribution < -0.4 is 10.9 Å². The number of nitrogens with zero attached hydrogens (tertiary/aromatic N) is 2. The van der Waals surface area contributed by atoms with Crippen molar-refractivity contribution in [2.24, 2.45) is 0 Å². The van der Waals surface area contributed by atoms with Gasteiger partial charge >= 0.3 is 0 Å². The summed E-state index contributed by atoms with van der Waals surface area (Å²) in [6.07, 6.45) is 3.80. The third-order valence-electron chi connectivity index (χ3n) is 4.14. The van der Waals surface area contributed by atoms with Crippen molar-refractivity contribution in [3.8, 4) is 0 Å². The SMILES string of the molecule is C=CCn1c(SC(C)C(=O)NC2CC2)nc2sc(C)c(C)c2c1=O. The van der Waals surface area contributed by atoms with E-state index in [0.29, 0.717) is 23.1 Å². The second kappa shape index (κ2) is 6.72. The van der Waals surface area contributed by atoms with Crippen molar-refractivity contribution in [3.05, 3.63) is 33.4 Å². The summed E-state index contributed by atoms with van der Waals surface area (Å²) in [6.45, 7) is 9.92. The second-order valence-electron chi connectivity index (χ2n) is 6.11. The summed E-state index contributed by atoms with van der Waals surface area (Å²) in [5.41, 5.74) is 0.931. The lowest BCUT2D eigenvalue weighted by Crippen LogP contribution is -2.33. The number of carbonyl (C=O) groups excluding carboxylic acids is 1. The zero-order valence-corrected chi connectivity index (χ0v) is 15.7. The number of amides is 1. The Morgan fingerprint density at radius 1 is 1.54 bits per heavy atom. The van der Waals surface area contributed by atoms with Gasteiger partial charge in [0.05, 0.1) is 10.6 Å². The summed E-state index contributed by atoms with van der Waals surface area (Å²) in [4.78, 5) is 31.6. The van der Waals surface area contributed by atoms with E-state index in [9.17, 15) is 9.59 Å². The second-order valence-corrected chi connectivity index (χ2v) is 8.62. The molecule has 0 bridgehead atoms. The number of carbonyl (C=O) groups is 1. The van der Waals surface area contributed by atoms with Crippen LogP contribution in [0.3, 0.4) is 0 Å². The van der Waals surface area contributed by atoms with Gasteiger partial charge < -0.3 is 5.32 Å². The minimum absolute atomic E-state index is 0.000500. The van der Waals surface area contributed by atoms with Crippen LogP contribution in [0.1, 0.15) is 30.2 Å². The Kier molecular flexibility index (Phi) is 4.83. The Morgan fingerprint density at radius 2 is 2.25 bits per heavy atom. The predicted octanol–water partition coefficient (Wildman–Crippen LogP) is 3.02. The first-order chi connectivity index (χ1) is 11.4. The molecule has 0 aliphatic heterocycles. The molecule has 7 heteroatoms. The summed E-state index contributed by atoms with van der Waals surface area (Å²) >= 11 is 2.86. The molecule has 0 aromatic carbocycles. The van der Waals surface area contributed by atoms with Gasteiger partial charge in [-0.25, -0.2) is 4.98 Å². The maximum Gasteiger partial charge on any atom is 0.263 e. The van der Waals surface area contributed by atoms with Crippen molar-refractivity contribution in [1.82, 2.24) is 14.9 Å². The van der Waals surface area contributed by atoms with Gasteiger partial charge in [-0.15, -0.1) is 17.9 Å². The van der Waals surface area contributed by atoms with Crippen LogP contribution in [0.4, 0.5) is 0 Å². The lowest BCUT2D eigenvalue weighted by Gasteiger charge is -2.14. The molecule has 1 aliphatic rings. The number of thiophene rings is 1. The van der Waals surface area contributed by atoms with E-state index >= 15 is 0 Å². The van der Waals surface area contributed by atoms with Gasteiger partial charge in [0, 0.05) is 17.5 Å². The molecular formula is C17H21N3O2S2. The van der Waals surface area contributed by atoms with Crippen LogP contribution in [0.2, 0.25) is 0 Å². The van der Waals surface area contributed by atoms with Gasteiger partial charge in [0.2, 0.25) is 5.91 Å². The van der Waals surface area contributed by atoms with E-state index in [2.05, 4.69) is 16.9 Å². The number of hydrogen-bond donors (Lipinski definition) is 1. The smallest absolute Gasteiger partial charge is 0.263 e. The van der Waals surface area contributed by atoms with Gasteiger partial charge in [-0.1, -0.05) is 17.8 Å². The number of thioether (sulfide) groups is 1. The number of hydrogen-bond acceptors (Lipinski definition) is 5. The quantitative estimate of drug-likeness (QED) is 0.487. The number of aryl methyl sites for hydroxylation is 2. The summed E-state index contributed by atoms with van der Waals surface area (Å²) in [5, 5.41) is 3.96. The maximum atomic E-state index is 12.9. The average molecular weight is 364 g/mol. The van der Waals surface area contributed by atoms with Crippen molar-refractivity contribution in [2.45, 2.75) is 56.6 Å². The topological polar surface area (TPSA) is 64.0 Å². The minimum atomic E-state index is -0.298. The molecule has 0 saturated heterocycles. The van der Waals surface area contributed by atoms with E-state index in [1.54, 1.807) is 10.6 Å². The molecule has 3 rings (SSSR count). The minimum Gasteiger partial charge on any atom is -0.352 e. The van der Waals surface area contributed by atoms with E-state index in [4.69, 9.17) is 0 Å². The van der Waals surface area contributed by atoms with E-state index < -0.39 is 0 Å². The normalized spacial score (nSPS) is 15.5. The largest absolute Gasteiger partial charge is 0.352 e. The van der Waals surface area contributed by atoms with Crippen molar-refractivity contribution in [1.29, 1.82) is 0 Å². The van der Waals surface area contributed by atoms with E-state index in [1.165, 1.54) is 23.1 Å². The molecule has 24 heavy (non-hydrogen) atoms. The van der Waals surface area contributed by atoms with Crippen molar-refractivity contribution in [3.63, 3.8) is 0 Å². The Labute approximate surface area is 149 Å². The average Bonchev–Trinajstić information content (AvgIpc) is 3.29. The Hall–Kier alpha value is -1.60. The van der Waals surface area contributed by atoms with Crippen molar-refractivity contribution >= 4 is 39.2 Å². The fraction of sp³-hybridized carbons (Fsp3) is 0.471. The fourth-order valence-electron chi connectivity index (χ4n) is 2.45. The molecule has 0 radical (unpaired) electrons. The molecular weight excluding hydrogens is 342 g/mol. The molecule has 2 heterocycles. The molecule has 0 spiro atoms. The van der Waals surface area contributed by atoms with Gasteiger partial charge in [-0.05, 0) is 39.2 Å². The molecule has 2 aromatic rings. The summed E-state index contributed by atoms with van der Waals surface area (Å²) in [6, 6.07) is 0.328. The highest BCUT2D eigenvalue weighted by Crippen LogP contribution is 2.30. The van der Waals surface area contributed by atoms with Gasteiger partial charge in [0.25, 0.3) is 5.56 Å². The van der Waals surface area contributed by atoms with Crippen LogP contribution in [0.25, 0.3) is 10.2 Å². The fourth-order valence-corrected chi connectivity index (χ4v) is 4.44. The molecule has 1 N–H and O–H groups in total. The molecule has 1 amide bonds. The first-order valence-electron chi connectivity index (χ1n) is 8.00. The number of fused-ring (bicyclic) bond motifs is 1. The van der Waals surface area contributed by atoms with Gasteiger partial charge in [-0.2, -0.15) is 0 Å². The van der Waals surface area contributed by atoms with E-state index in [0.717, 1.165) is 28.1 Å². The Bertz CT molecular complexity index is 865. The van der Waals surface area contributed by atoms with Gasteiger partial charge in [-0.3, -0.25) is 14.2 Å². The molecule has 128 valence electrons. The van der Waals surface area contributed by atoms with Crippen LogP contribution in [-0.2, 0) is 11.3 Å². The number of allylic oxidation sites excluding steroid dienone is 1. The molecule has 1 fully saturated rings.